The second kappa shape index (κ2) is 9.10. The Morgan fingerprint density at radius 3 is 2.49 bits per heavy atom. The van der Waals surface area contributed by atoms with Gasteiger partial charge >= 0.3 is 6.09 Å². The number of H-pyrrole nitrogens is 1. The first-order valence-electron chi connectivity index (χ1n) is 11.8. The lowest BCUT2D eigenvalue weighted by Gasteiger charge is -2.41. The molecule has 1 amide bonds. The number of ether oxygens (including phenoxy) is 1. The van der Waals surface area contributed by atoms with E-state index in [2.05, 4.69) is 22.4 Å². The van der Waals surface area contributed by atoms with Gasteiger partial charge in [-0.25, -0.2) is 4.79 Å². The lowest BCUT2D eigenvalue weighted by atomic mass is 9.85. The number of hydrogen-bond acceptors (Lipinski definition) is 6. The fourth-order valence-electron chi connectivity index (χ4n) is 4.75. The van der Waals surface area contributed by atoms with Gasteiger partial charge in [0.1, 0.15) is 11.0 Å². The monoisotopic (exact) mass is 476 g/mol. The van der Waals surface area contributed by atoms with Crippen LogP contribution in [0.25, 0.3) is 10.9 Å². The fourth-order valence-corrected chi connectivity index (χ4v) is 4.75. The molecule has 0 aliphatic carbocycles. The number of amides is 1. The summed E-state index contributed by atoms with van der Waals surface area (Å²) in [5.41, 5.74) is 2.21. The Hall–Kier alpha value is -3.80. The average Bonchev–Trinajstić information content (AvgIpc) is 3.12. The van der Waals surface area contributed by atoms with Gasteiger partial charge < -0.3 is 19.9 Å². The summed E-state index contributed by atoms with van der Waals surface area (Å²) < 4.78 is 7.35. The highest BCUT2D eigenvalue weighted by atomic mass is 16.6. The van der Waals surface area contributed by atoms with Crippen molar-refractivity contribution < 1.29 is 9.53 Å². The summed E-state index contributed by atoms with van der Waals surface area (Å²) in [4.78, 5) is 29.9. The molecule has 2 N–H and O–H groups in total. The Morgan fingerprint density at radius 1 is 1.23 bits per heavy atom. The average molecular weight is 477 g/mol. The van der Waals surface area contributed by atoms with E-state index in [1.54, 1.807) is 11.1 Å². The number of carbonyl (C=O) groups is 1. The lowest BCUT2D eigenvalue weighted by Crippen LogP contribution is -2.49. The quantitative estimate of drug-likeness (QED) is 0.563. The van der Waals surface area contributed by atoms with E-state index in [0.29, 0.717) is 42.7 Å². The third-order valence-corrected chi connectivity index (χ3v) is 6.29. The molecule has 0 saturated carbocycles. The van der Waals surface area contributed by atoms with E-state index in [9.17, 15) is 14.9 Å². The van der Waals surface area contributed by atoms with E-state index in [1.165, 1.54) is 0 Å². The molecule has 184 valence electrons. The number of piperidine rings is 1. The maximum atomic E-state index is 12.9. The number of carbonyl (C=O) groups excluding carboxylic acids is 1. The van der Waals surface area contributed by atoms with Crippen LogP contribution in [-0.4, -0.2) is 44.4 Å². The van der Waals surface area contributed by atoms with Crippen molar-refractivity contribution in [3.05, 3.63) is 51.9 Å². The first kappa shape index (κ1) is 24.3. The number of aromatic nitrogens is 3. The number of aryl methyl sites for hydroxylation is 2. The van der Waals surface area contributed by atoms with Gasteiger partial charge in [-0.2, -0.15) is 10.4 Å². The summed E-state index contributed by atoms with van der Waals surface area (Å²) in [5.74, 6) is 0.443. The van der Waals surface area contributed by atoms with Gasteiger partial charge in [0.05, 0.1) is 23.5 Å². The first-order valence-corrected chi connectivity index (χ1v) is 11.8. The highest BCUT2D eigenvalue weighted by Crippen LogP contribution is 2.37. The number of likely N-dealkylation sites (tertiary alicyclic amines) is 1. The Morgan fingerprint density at radius 2 is 1.89 bits per heavy atom. The van der Waals surface area contributed by atoms with Gasteiger partial charge in [0.15, 0.2) is 5.82 Å². The molecule has 9 heteroatoms. The van der Waals surface area contributed by atoms with E-state index in [4.69, 9.17) is 9.84 Å². The molecule has 0 unspecified atom stereocenters. The molecular formula is C26H32N6O3. The van der Waals surface area contributed by atoms with E-state index in [-0.39, 0.29) is 18.1 Å². The van der Waals surface area contributed by atoms with Crippen LogP contribution in [-0.2, 0) is 10.3 Å². The Labute approximate surface area is 204 Å². The van der Waals surface area contributed by atoms with E-state index in [0.717, 1.165) is 16.8 Å². The molecule has 0 bridgehead atoms. The number of aromatic amines is 1. The van der Waals surface area contributed by atoms with Crippen LogP contribution in [0.4, 0.5) is 16.3 Å². The second-order valence-electron chi connectivity index (χ2n) is 10.4. The van der Waals surface area contributed by atoms with Crippen molar-refractivity contribution in [2.24, 2.45) is 0 Å². The normalized spacial score (nSPS) is 15.6. The number of nitrogens with one attached hydrogen (secondary N) is 2. The summed E-state index contributed by atoms with van der Waals surface area (Å²) in [6, 6.07) is 10.2. The molecule has 1 aliphatic rings. The second-order valence-corrected chi connectivity index (χ2v) is 10.4. The predicted octanol–water partition coefficient (Wildman–Crippen LogP) is 4.72. The van der Waals surface area contributed by atoms with Crippen LogP contribution in [0.1, 0.15) is 51.2 Å². The number of hydrogen-bond donors (Lipinski definition) is 2. The van der Waals surface area contributed by atoms with Crippen LogP contribution in [0.3, 0.4) is 0 Å². The molecule has 0 radical (unpaired) electrons. The molecule has 9 nitrogen and oxygen atoms in total. The van der Waals surface area contributed by atoms with Crippen molar-refractivity contribution in [2.45, 2.75) is 65.0 Å². The third-order valence-electron chi connectivity index (χ3n) is 6.29. The molecule has 0 spiro atoms. The maximum Gasteiger partial charge on any atom is 0.410 e. The molecule has 35 heavy (non-hydrogen) atoms. The summed E-state index contributed by atoms with van der Waals surface area (Å²) >= 11 is 0. The van der Waals surface area contributed by atoms with Crippen molar-refractivity contribution in [1.82, 2.24) is 19.7 Å². The molecule has 1 aromatic carbocycles. The van der Waals surface area contributed by atoms with Gasteiger partial charge in [0.25, 0.3) is 5.56 Å². The van der Waals surface area contributed by atoms with Gasteiger partial charge in [0, 0.05) is 25.0 Å². The van der Waals surface area contributed by atoms with Crippen LogP contribution in [0.5, 0.6) is 0 Å². The summed E-state index contributed by atoms with van der Waals surface area (Å²) in [6.07, 6.45) is 2.49. The van der Waals surface area contributed by atoms with Crippen LogP contribution in [0.15, 0.2) is 35.3 Å². The number of rotatable bonds is 4. The van der Waals surface area contributed by atoms with Crippen LogP contribution < -0.4 is 10.9 Å². The molecule has 3 heterocycles. The highest BCUT2D eigenvalue weighted by Gasteiger charge is 2.41. The minimum Gasteiger partial charge on any atom is -0.444 e. The molecule has 3 aromatic rings. The molecular weight excluding hydrogens is 444 g/mol. The summed E-state index contributed by atoms with van der Waals surface area (Å²) in [5, 5.41) is 18.3. The maximum absolute atomic E-state index is 12.9. The number of anilines is 2. The predicted molar refractivity (Wildman–Crippen MR) is 135 cm³/mol. The van der Waals surface area contributed by atoms with E-state index >= 15 is 0 Å². The van der Waals surface area contributed by atoms with Gasteiger partial charge in [-0.3, -0.25) is 9.48 Å². The van der Waals surface area contributed by atoms with E-state index in [1.807, 2.05) is 57.5 Å². The summed E-state index contributed by atoms with van der Waals surface area (Å²) in [6.45, 7) is 10.4. The van der Waals surface area contributed by atoms with Crippen LogP contribution >= 0.6 is 0 Å². The smallest absolute Gasteiger partial charge is 0.410 e. The number of pyridine rings is 1. The SMILES string of the molecule is Cc1cc(C)cc(Nc2nn(C3(CC#N)CCN(C(=O)OC(C)(C)C)CC3)c3cc[nH]c(=O)c23)c1. The standard InChI is InChI=1S/C26H32N6O3/c1-17-14-18(2)16-19(15-17)29-22-21-20(6-11-28-23(21)33)32(30-22)26(7-10-27)8-12-31(13-9-26)24(34)35-25(3,4)5/h6,11,14-16H,7-9,12-13H2,1-5H3,(H,28,33)(H,29,30). The number of nitriles is 1. The topological polar surface area (TPSA) is 116 Å². The van der Waals surface area contributed by atoms with E-state index < -0.39 is 11.1 Å². The number of fused-ring (bicyclic) bond motifs is 1. The molecule has 4 rings (SSSR count). The molecule has 0 atom stereocenters. The Kier molecular flexibility index (Phi) is 6.32. The zero-order chi connectivity index (χ0) is 25.4. The van der Waals surface area contributed by atoms with Crippen molar-refractivity contribution in [1.29, 1.82) is 5.26 Å². The molecule has 1 aliphatic heterocycles. The zero-order valence-electron chi connectivity index (χ0n) is 20.9. The minimum absolute atomic E-state index is 0.210. The van der Waals surface area contributed by atoms with Gasteiger partial charge in [-0.05, 0) is 76.8 Å². The van der Waals surface area contributed by atoms with Crippen LogP contribution in [0.2, 0.25) is 0 Å². The lowest BCUT2D eigenvalue weighted by molar-refractivity contribution is 0.0110. The Balaban J connectivity index is 1.72. The van der Waals surface area contributed by atoms with Crippen molar-refractivity contribution >= 4 is 28.5 Å². The third kappa shape index (κ3) is 5.02. The van der Waals surface area contributed by atoms with Gasteiger partial charge in [-0.15, -0.1) is 0 Å². The van der Waals surface area contributed by atoms with Crippen molar-refractivity contribution in [3.8, 4) is 6.07 Å². The van der Waals surface area contributed by atoms with Crippen molar-refractivity contribution in [3.63, 3.8) is 0 Å². The first-order chi connectivity index (χ1) is 16.5. The number of nitrogens with zero attached hydrogens (tertiary/aromatic N) is 4. The number of benzene rings is 1. The van der Waals surface area contributed by atoms with Gasteiger partial charge in [0.2, 0.25) is 0 Å². The molecule has 2 aromatic heterocycles. The fraction of sp³-hybridized carbons (Fsp3) is 0.462. The summed E-state index contributed by atoms with van der Waals surface area (Å²) in [7, 11) is 0. The Bertz CT molecular complexity index is 1330. The molecule has 1 saturated heterocycles. The highest BCUT2D eigenvalue weighted by molar-refractivity contribution is 5.91. The molecule has 1 fully saturated rings. The van der Waals surface area contributed by atoms with Gasteiger partial charge in [-0.1, -0.05) is 6.07 Å². The van der Waals surface area contributed by atoms with Crippen LogP contribution in [0, 0.1) is 25.2 Å². The largest absolute Gasteiger partial charge is 0.444 e. The minimum atomic E-state index is -0.651. The van der Waals surface area contributed by atoms with Crippen molar-refractivity contribution in [2.75, 3.05) is 18.4 Å². The zero-order valence-corrected chi connectivity index (χ0v) is 20.9.